The van der Waals surface area contributed by atoms with Crippen molar-refractivity contribution in [2.75, 3.05) is 25.0 Å². The van der Waals surface area contributed by atoms with Crippen LogP contribution in [0.4, 0.5) is 10.5 Å². The van der Waals surface area contributed by atoms with Crippen molar-refractivity contribution in [3.05, 3.63) is 54.1 Å². The zero-order valence-corrected chi connectivity index (χ0v) is 13.9. The molecular weight excluding hydrogens is 318 g/mol. The lowest BCUT2D eigenvalue weighted by Gasteiger charge is -2.30. The summed E-state index contributed by atoms with van der Waals surface area (Å²) < 4.78 is 11.6. The molecule has 128 valence electrons. The Morgan fingerprint density at radius 2 is 2.08 bits per heavy atom. The summed E-state index contributed by atoms with van der Waals surface area (Å²) in [6.45, 7) is 3.24. The van der Waals surface area contributed by atoms with Gasteiger partial charge in [0, 0.05) is 12.2 Å². The van der Waals surface area contributed by atoms with Gasteiger partial charge in [-0.2, -0.15) is 5.26 Å². The predicted octanol–water partition coefficient (Wildman–Crippen LogP) is 3.25. The van der Waals surface area contributed by atoms with Gasteiger partial charge in [0.2, 0.25) is 0 Å². The van der Waals surface area contributed by atoms with Gasteiger partial charge < -0.3 is 19.7 Å². The van der Waals surface area contributed by atoms with Gasteiger partial charge in [-0.25, -0.2) is 4.79 Å². The molecule has 0 fully saturated rings. The van der Waals surface area contributed by atoms with Crippen molar-refractivity contribution in [2.45, 2.75) is 13.0 Å². The maximum Gasteiger partial charge on any atom is 0.321 e. The largest absolute Gasteiger partial charge is 0.486 e. The smallest absolute Gasteiger partial charge is 0.321 e. The van der Waals surface area contributed by atoms with E-state index in [0.29, 0.717) is 36.7 Å². The molecule has 0 aromatic heterocycles. The van der Waals surface area contributed by atoms with Gasteiger partial charge in [-0.15, -0.1) is 0 Å². The zero-order chi connectivity index (χ0) is 17.6. The van der Waals surface area contributed by atoms with Crippen molar-refractivity contribution in [1.29, 1.82) is 5.26 Å². The van der Waals surface area contributed by atoms with Crippen LogP contribution in [0.2, 0.25) is 0 Å². The molecule has 0 aliphatic carbocycles. The second-order valence-electron chi connectivity index (χ2n) is 5.66. The van der Waals surface area contributed by atoms with Crippen LogP contribution < -0.4 is 14.8 Å². The number of rotatable bonds is 4. The molecule has 1 heterocycles. The van der Waals surface area contributed by atoms with Gasteiger partial charge in [-0.05, 0) is 37.3 Å². The summed E-state index contributed by atoms with van der Waals surface area (Å²) >= 11 is 0. The molecule has 6 nitrogen and oxygen atoms in total. The number of fused-ring (bicyclic) bond motifs is 1. The van der Waals surface area contributed by atoms with Gasteiger partial charge in [-0.1, -0.05) is 18.2 Å². The number of nitrogens with one attached hydrogen (secondary N) is 1. The lowest BCUT2D eigenvalue weighted by Crippen LogP contribution is -2.45. The average molecular weight is 337 g/mol. The number of amides is 2. The Morgan fingerprint density at radius 1 is 1.28 bits per heavy atom. The maximum absolute atomic E-state index is 12.5. The van der Waals surface area contributed by atoms with E-state index in [0.717, 1.165) is 5.75 Å². The summed E-state index contributed by atoms with van der Waals surface area (Å²) in [6.07, 6.45) is -0.231. The minimum Gasteiger partial charge on any atom is -0.486 e. The molecule has 2 aromatic rings. The lowest BCUT2D eigenvalue weighted by atomic mass is 10.2. The SMILES string of the molecule is CCN(CC1COc2ccccc2O1)C(=O)Nc1cccc(C#N)c1. The summed E-state index contributed by atoms with van der Waals surface area (Å²) in [7, 11) is 0. The first-order chi connectivity index (χ1) is 12.2. The quantitative estimate of drug-likeness (QED) is 0.929. The summed E-state index contributed by atoms with van der Waals surface area (Å²) in [4.78, 5) is 14.2. The molecule has 6 heteroatoms. The summed E-state index contributed by atoms with van der Waals surface area (Å²) in [5.41, 5.74) is 1.09. The standard InChI is InChI=1S/C19H19N3O3/c1-2-22(19(23)21-15-7-5-6-14(10-15)11-20)12-16-13-24-17-8-3-4-9-18(17)25-16/h3-10,16H,2,12-13H2,1H3,(H,21,23). The molecule has 0 bridgehead atoms. The lowest BCUT2D eigenvalue weighted by molar-refractivity contribution is 0.0693. The van der Waals surface area contributed by atoms with Crippen molar-refractivity contribution in [3.8, 4) is 17.6 Å². The number of ether oxygens (including phenoxy) is 2. The number of carbonyl (C=O) groups excluding carboxylic acids is 1. The summed E-state index contributed by atoms with van der Waals surface area (Å²) in [5, 5.41) is 11.8. The molecule has 0 radical (unpaired) electrons. The Hall–Kier alpha value is -3.20. The maximum atomic E-state index is 12.5. The van der Waals surface area contributed by atoms with Gasteiger partial charge in [0.1, 0.15) is 6.61 Å². The average Bonchev–Trinajstić information content (AvgIpc) is 2.66. The molecule has 1 atom stereocenters. The molecule has 1 aliphatic rings. The van der Waals surface area contributed by atoms with Crippen LogP contribution in [0.15, 0.2) is 48.5 Å². The third kappa shape index (κ3) is 4.01. The summed E-state index contributed by atoms with van der Waals surface area (Å²) in [5.74, 6) is 1.41. The number of nitrogens with zero attached hydrogens (tertiary/aromatic N) is 2. The first-order valence-electron chi connectivity index (χ1n) is 8.14. The van der Waals surface area contributed by atoms with Gasteiger partial charge in [0.25, 0.3) is 0 Å². The molecule has 25 heavy (non-hydrogen) atoms. The topological polar surface area (TPSA) is 74.6 Å². The Balaban J connectivity index is 1.62. The normalized spacial score (nSPS) is 15.1. The first kappa shape index (κ1) is 16.7. The van der Waals surface area contributed by atoms with E-state index in [9.17, 15) is 4.79 Å². The number of hydrogen-bond donors (Lipinski definition) is 1. The van der Waals surface area contributed by atoms with Crippen molar-refractivity contribution in [3.63, 3.8) is 0 Å². The van der Waals surface area contributed by atoms with Gasteiger partial charge in [0.05, 0.1) is 18.2 Å². The number of para-hydroxylation sites is 2. The van der Waals surface area contributed by atoms with Gasteiger partial charge >= 0.3 is 6.03 Å². The van der Waals surface area contributed by atoms with Crippen LogP contribution in [0, 0.1) is 11.3 Å². The highest BCUT2D eigenvalue weighted by Crippen LogP contribution is 2.31. The first-order valence-corrected chi connectivity index (χ1v) is 8.14. The minimum atomic E-state index is -0.236. The molecule has 0 saturated heterocycles. The zero-order valence-electron chi connectivity index (χ0n) is 13.9. The molecule has 1 aliphatic heterocycles. The molecule has 1 unspecified atom stereocenters. The number of urea groups is 1. The van der Waals surface area contributed by atoms with Gasteiger partial charge in [-0.3, -0.25) is 0 Å². The molecule has 0 spiro atoms. The third-order valence-corrected chi connectivity index (χ3v) is 3.90. The van der Waals surface area contributed by atoms with Crippen LogP contribution in [-0.4, -0.2) is 36.7 Å². The Kier molecular flexibility index (Phi) is 5.05. The highest BCUT2D eigenvalue weighted by atomic mass is 16.6. The van der Waals surface area contributed by atoms with Crippen molar-refractivity contribution in [2.24, 2.45) is 0 Å². The molecule has 1 N–H and O–H groups in total. The monoisotopic (exact) mass is 337 g/mol. The number of hydrogen-bond acceptors (Lipinski definition) is 4. The fourth-order valence-electron chi connectivity index (χ4n) is 2.62. The van der Waals surface area contributed by atoms with Crippen molar-refractivity contribution in [1.82, 2.24) is 4.90 Å². The van der Waals surface area contributed by atoms with Crippen LogP contribution in [0.25, 0.3) is 0 Å². The van der Waals surface area contributed by atoms with E-state index in [4.69, 9.17) is 14.7 Å². The fourth-order valence-corrected chi connectivity index (χ4v) is 2.62. The number of carbonyl (C=O) groups is 1. The Labute approximate surface area is 146 Å². The number of anilines is 1. The number of nitriles is 1. The minimum absolute atomic E-state index is 0.231. The second kappa shape index (κ2) is 7.58. The van der Waals surface area contributed by atoms with E-state index in [1.54, 1.807) is 29.2 Å². The fraction of sp³-hybridized carbons (Fsp3) is 0.263. The Bertz CT molecular complexity index is 800. The molecule has 3 rings (SSSR count). The Morgan fingerprint density at radius 3 is 2.84 bits per heavy atom. The van der Waals surface area contributed by atoms with Crippen molar-refractivity contribution < 1.29 is 14.3 Å². The molecule has 0 saturated carbocycles. The van der Waals surface area contributed by atoms with E-state index in [-0.39, 0.29) is 12.1 Å². The van der Waals surface area contributed by atoms with E-state index < -0.39 is 0 Å². The van der Waals surface area contributed by atoms with E-state index in [1.807, 2.05) is 31.2 Å². The molecular formula is C19H19N3O3. The van der Waals surface area contributed by atoms with Gasteiger partial charge in [0.15, 0.2) is 17.6 Å². The third-order valence-electron chi connectivity index (χ3n) is 3.90. The predicted molar refractivity (Wildman–Crippen MR) is 93.8 cm³/mol. The van der Waals surface area contributed by atoms with Crippen LogP contribution in [0.1, 0.15) is 12.5 Å². The van der Waals surface area contributed by atoms with E-state index in [1.165, 1.54) is 0 Å². The molecule has 2 amide bonds. The second-order valence-corrected chi connectivity index (χ2v) is 5.66. The van der Waals surface area contributed by atoms with Crippen LogP contribution >= 0.6 is 0 Å². The van der Waals surface area contributed by atoms with E-state index in [2.05, 4.69) is 11.4 Å². The van der Waals surface area contributed by atoms with Crippen LogP contribution in [-0.2, 0) is 0 Å². The van der Waals surface area contributed by atoms with Crippen LogP contribution in [0.3, 0.4) is 0 Å². The van der Waals surface area contributed by atoms with Crippen molar-refractivity contribution >= 4 is 11.7 Å². The van der Waals surface area contributed by atoms with Crippen LogP contribution in [0.5, 0.6) is 11.5 Å². The highest BCUT2D eigenvalue weighted by Gasteiger charge is 2.24. The summed E-state index contributed by atoms with van der Waals surface area (Å²) in [6, 6.07) is 16.1. The van der Waals surface area contributed by atoms with E-state index >= 15 is 0 Å². The molecule has 2 aromatic carbocycles. The highest BCUT2D eigenvalue weighted by molar-refractivity contribution is 5.89. The number of likely N-dealkylation sites (N-methyl/N-ethyl adjacent to an activating group) is 1. The number of benzene rings is 2.